The Kier molecular flexibility index (Phi) is 6.81. The number of anilines is 1. The maximum absolute atomic E-state index is 12.2. The predicted molar refractivity (Wildman–Crippen MR) is 94.3 cm³/mol. The van der Waals surface area contributed by atoms with Gasteiger partial charge in [0.15, 0.2) is 6.61 Å². The van der Waals surface area contributed by atoms with Crippen molar-refractivity contribution in [2.45, 2.75) is 26.1 Å². The highest BCUT2D eigenvalue weighted by Crippen LogP contribution is 2.18. The van der Waals surface area contributed by atoms with Crippen molar-refractivity contribution < 1.29 is 27.5 Å². The van der Waals surface area contributed by atoms with E-state index >= 15 is 0 Å². The van der Waals surface area contributed by atoms with Crippen LogP contribution in [0.5, 0.6) is 5.75 Å². The molecule has 2 rings (SSSR count). The molecule has 0 bridgehead atoms. The summed E-state index contributed by atoms with van der Waals surface area (Å²) in [4.78, 5) is 22.9. The molecule has 0 saturated carbocycles. The topological polar surface area (TPSA) is 67.4 Å². The number of rotatable bonds is 7. The van der Waals surface area contributed by atoms with E-state index in [1.54, 1.807) is 29.6 Å². The van der Waals surface area contributed by atoms with E-state index in [-0.39, 0.29) is 13.2 Å². The molecule has 27 heavy (non-hydrogen) atoms. The van der Waals surface area contributed by atoms with E-state index in [2.05, 4.69) is 5.32 Å². The Labute approximate surface area is 154 Å². The van der Waals surface area contributed by atoms with Crippen LogP contribution >= 0.6 is 0 Å². The monoisotopic (exact) mass is 380 g/mol. The largest absolute Gasteiger partial charge is 0.483 e. The van der Waals surface area contributed by atoms with Crippen molar-refractivity contribution in [1.29, 1.82) is 0 Å². The molecule has 0 aliphatic rings. The number of aryl methyl sites for hydroxylation is 1. The normalized spacial score (nSPS) is 11.0. The summed E-state index contributed by atoms with van der Waals surface area (Å²) in [5, 5.41) is 4.39. The molecule has 144 valence electrons. The van der Waals surface area contributed by atoms with Gasteiger partial charge in [-0.25, -0.2) is 0 Å². The lowest BCUT2D eigenvalue weighted by Gasteiger charge is -2.12. The molecule has 2 amide bonds. The van der Waals surface area contributed by atoms with Gasteiger partial charge in [0, 0.05) is 12.2 Å². The zero-order chi connectivity index (χ0) is 19.9. The second-order valence-corrected chi connectivity index (χ2v) is 5.68. The highest BCUT2D eigenvalue weighted by molar-refractivity contribution is 5.92. The first-order valence-corrected chi connectivity index (χ1v) is 8.24. The van der Waals surface area contributed by atoms with Crippen LogP contribution in [0.15, 0.2) is 48.5 Å². The van der Waals surface area contributed by atoms with Crippen LogP contribution in [0.4, 0.5) is 18.9 Å². The Morgan fingerprint density at radius 2 is 1.81 bits per heavy atom. The van der Waals surface area contributed by atoms with Crippen molar-refractivity contribution in [3.05, 3.63) is 59.7 Å². The molecule has 0 heterocycles. The molecule has 0 unspecified atom stereocenters. The molecular weight excluding hydrogens is 361 g/mol. The molecule has 0 aliphatic heterocycles. The number of nitrogens with one attached hydrogen (secondary N) is 2. The van der Waals surface area contributed by atoms with Crippen molar-refractivity contribution in [1.82, 2.24) is 5.32 Å². The molecule has 0 aromatic heterocycles. The van der Waals surface area contributed by atoms with Crippen LogP contribution in [0, 0.1) is 0 Å². The van der Waals surface area contributed by atoms with E-state index < -0.39 is 18.0 Å². The van der Waals surface area contributed by atoms with Gasteiger partial charge in [0.2, 0.25) is 0 Å². The molecule has 2 aromatic rings. The number of hydrogen-bond donors (Lipinski definition) is 2. The predicted octanol–water partition coefficient (Wildman–Crippen LogP) is 3.45. The minimum absolute atomic E-state index is 0.202. The molecule has 2 aromatic carbocycles. The third kappa shape index (κ3) is 6.32. The SMILES string of the molecule is CCc1ccccc1OCC(=O)Nc1cccc(CNC(=O)C(F)(F)F)c1. The second kappa shape index (κ2) is 9.07. The first kappa shape index (κ1) is 20.3. The zero-order valence-electron chi connectivity index (χ0n) is 14.6. The maximum Gasteiger partial charge on any atom is 0.471 e. The number of para-hydroxylation sites is 1. The van der Waals surface area contributed by atoms with Crippen molar-refractivity contribution in [2.75, 3.05) is 11.9 Å². The van der Waals surface area contributed by atoms with Crippen LogP contribution in [0.25, 0.3) is 0 Å². The van der Waals surface area contributed by atoms with Crippen molar-refractivity contribution in [3.63, 3.8) is 0 Å². The molecule has 0 fully saturated rings. The highest BCUT2D eigenvalue weighted by Gasteiger charge is 2.38. The molecule has 0 atom stereocenters. The molecule has 0 aliphatic carbocycles. The number of ether oxygens (including phenoxy) is 1. The summed E-state index contributed by atoms with van der Waals surface area (Å²) in [6.07, 6.45) is -4.17. The van der Waals surface area contributed by atoms with Gasteiger partial charge in [0.1, 0.15) is 5.75 Å². The van der Waals surface area contributed by atoms with E-state index in [9.17, 15) is 22.8 Å². The lowest BCUT2D eigenvalue weighted by Crippen LogP contribution is -2.36. The molecule has 0 spiro atoms. The minimum Gasteiger partial charge on any atom is -0.483 e. The van der Waals surface area contributed by atoms with Gasteiger partial charge < -0.3 is 15.4 Å². The number of hydrogen-bond acceptors (Lipinski definition) is 3. The lowest BCUT2D eigenvalue weighted by atomic mass is 10.1. The van der Waals surface area contributed by atoms with E-state index in [4.69, 9.17) is 4.74 Å². The summed E-state index contributed by atoms with van der Waals surface area (Å²) >= 11 is 0. The fourth-order valence-electron chi connectivity index (χ4n) is 2.32. The maximum atomic E-state index is 12.2. The van der Waals surface area contributed by atoms with Crippen molar-refractivity contribution in [2.24, 2.45) is 0 Å². The van der Waals surface area contributed by atoms with Crippen molar-refractivity contribution in [3.8, 4) is 5.75 Å². The number of alkyl halides is 3. The summed E-state index contributed by atoms with van der Waals surface area (Å²) in [5.74, 6) is -1.80. The Morgan fingerprint density at radius 1 is 1.07 bits per heavy atom. The van der Waals surface area contributed by atoms with Gasteiger partial charge in [0.05, 0.1) is 0 Å². The van der Waals surface area contributed by atoms with Gasteiger partial charge in [-0.1, -0.05) is 37.3 Å². The Bertz CT molecular complexity index is 807. The van der Waals surface area contributed by atoms with E-state index in [0.29, 0.717) is 17.0 Å². The summed E-state index contributed by atoms with van der Waals surface area (Å²) in [6.45, 7) is 1.47. The summed E-state index contributed by atoms with van der Waals surface area (Å²) in [6, 6.07) is 13.6. The standard InChI is InChI=1S/C19H19F3N2O3/c1-2-14-7-3-4-9-16(14)27-12-17(25)24-15-8-5-6-13(10-15)11-23-18(26)19(20,21)22/h3-10H,2,11-12H2,1H3,(H,23,26)(H,24,25). The van der Waals surface area contributed by atoms with Crippen LogP contribution in [-0.2, 0) is 22.6 Å². The first-order valence-electron chi connectivity index (χ1n) is 8.24. The highest BCUT2D eigenvalue weighted by atomic mass is 19.4. The van der Waals surface area contributed by atoms with E-state index in [1.807, 2.05) is 25.1 Å². The zero-order valence-corrected chi connectivity index (χ0v) is 14.6. The Balaban J connectivity index is 1.89. The third-order valence-corrected chi connectivity index (χ3v) is 3.63. The van der Waals surface area contributed by atoms with Gasteiger partial charge in [-0.15, -0.1) is 0 Å². The second-order valence-electron chi connectivity index (χ2n) is 5.68. The summed E-state index contributed by atoms with van der Waals surface area (Å²) < 4.78 is 42.1. The first-order chi connectivity index (χ1) is 12.8. The Hall–Kier alpha value is -3.03. The Morgan fingerprint density at radius 3 is 2.52 bits per heavy atom. The molecule has 0 saturated heterocycles. The fourth-order valence-corrected chi connectivity index (χ4v) is 2.32. The van der Waals surface area contributed by atoms with Crippen LogP contribution in [0.2, 0.25) is 0 Å². The number of carbonyl (C=O) groups excluding carboxylic acids is 2. The van der Waals surface area contributed by atoms with E-state index in [0.717, 1.165) is 12.0 Å². The minimum atomic E-state index is -4.93. The number of carbonyl (C=O) groups is 2. The van der Waals surface area contributed by atoms with Crippen molar-refractivity contribution >= 4 is 17.5 Å². The molecule has 5 nitrogen and oxygen atoms in total. The molecule has 0 radical (unpaired) electrons. The van der Waals surface area contributed by atoms with Crippen LogP contribution in [0.1, 0.15) is 18.1 Å². The van der Waals surface area contributed by atoms with Crippen LogP contribution < -0.4 is 15.4 Å². The lowest BCUT2D eigenvalue weighted by molar-refractivity contribution is -0.173. The summed E-state index contributed by atoms with van der Waals surface area (Å²) in [5.41, 5.74) is 1.79. The average molecular weight is 380 g/mol. The smallest absolute Gasteiger partial charge is 0.471 e. The quantitative estimate of drug-likeness (QED) is 0.773. The van der Waals surface area contributed by atoms with Gasteiger partial charge in [0.25, 0.3) is 5.91 Å². The van der Waals surface area contributed by atoms with E-state index in [1.165, 1.54) is 6.07 Å². The van der Waals surface area contributed by atoms with Crippen LogP contribution in [-0.4, -0.2) is 24.6 Å². The third-order valence-electron chi connectivity index (χ3n) is 3.63. The van der Waals surface area contributed by atoms with Gasteiger partial charge in [-0.2, -0.15) is 13.2 Å². The summed E-state index contributed by atoms with van der Waals surface area (Å²) in [7, 11) is 0. The number of amides is 2. The fraction of sp³-hybridized carbons (Fsp3) is 0.263. The average Bonchev–Trinajstić information content (AvgIpc) is 2.64. The van der Waals surface area contributed by atoms with Crippen LogP contribution in [0.3, 0.4) is 0 Å². The molecule has 8 heteroatoms. The number of halogens is 3. The van der Waals surface area contributed by atoms with Gasteiger partial charge >= 0.3 is 12.1 Å². The van der Waals surface area contributed by atoms with Gasteiger partial charge in [-0.3, -0.25) is 9.59 Å². The molecular formula is C19H19F3N2O3. The molecule has 2 N–H and O–H groups in total. The van der Waals surface area contributed by atoms with Gasteiger partial charge in [-0.05, 0) is 35.7 Å². The number of benzene rings is 2.